The molecule has 2 aromatic rings. The van der Waals surface area contributed by atoms with Crippen LogP contribution in [0.2, 0.25) is 0 Å². The fraction of sp³-hybridized carbons (Fsp3) is 0.357. The van der Waals surface area contributed by atoms with Crippen molar-refractivity contribution in [2.24, 2.45) is 7.05 Å². The molecule has 96 valence electrons. The Morgan fingerprint density at radius 2 is 2.06 bits per heavy atom. The summed E-state index contributed by atoms with van der Waals surface area (Å²) in [5.41, 5.74) is 10.1. The number of hydrogen-bond acceptors (Lipinski definition) is 3. The molecule has 0 aliphatic carbocycles. The highest BCUT2D eigenvalue weighted by Gasteiger charge is 2.21. The molecule has 4 heteroatoms. The molecule has 0 bridgehead atoms. The number of anilines is 1. The van der Waals surface area contributed by atoms with Crippen LogP contribution in [0.1, 0.15) is 28.5 Å². The third kappa shape index (κ3) is 1.65. The van der Waals surface area contributed by atoms with E-state index in [0.717, 1.165) is 22.2 Å². The van der Waals surface area contributed by atoms with Crippen molar-refractivity contribution in [3.05, 3.63) is 29.0 Å². The normalized spacial score (nSPS) is 10.9. The molecule has 2 rings (SSSR count). The molecule has 0 unspecified atom stereocenters. The fourth-order valence-corrected chi connectivity index (χ4v) is 2.24. The number of rotatable bonds is 2. The number of nitrogen functional groups attached to an aromatic ring is 1. The summed E-state index contributed by atoms with van der Waals surface area (Å²) in [6, 6.07) is 3.95. The highest BCUT2D eigenvalue weighted by atomic mass is 16.5. The van der Waals surface area contributed by atoms with Crippen molar-refractivity contribution < 1.29 is 9.53 Å². The summed E-state index contributed by atoms with van der Waals surface area (Å²) in [7, 11) is 1.93. The summed E-state index contributed by atoms with van der Waals surface area (Å²) in [6.45, 7) is 6.00. The van der Waals surface area contributed by atoms with Crippen LogP contribution >= 0.6 is 0 Å². The van der Waals surface area contributed by atoms with Crippen molar-refractivity contribution in [2.45, 2.75) is 20.8 Å². The number of aryl methyl sites for hydroxylation is 2. The zero-order valence-electron chi connectivity index (χ0n) is 11.2. The van der Waals surface area contributed by atoms with Crippen LogP contribution in [0, 0.1) is 13.8 Å². The fourth-order valence-electron chi connectivity index (χ4n) is 2.24. The number of nitrogens with zero attached hydrogens (tertiary/aromatic N) is 1. The molecule has 0 atom stereocenters. The van der Waals surface area contributed by atoms with Gasteiger partial charge in [-0.15, -0.1) is 0 Å². The molecule has 1 aromatic heterocycles. The van der Waals surface area contributed by atoms with Crippen LogP contribution in [0.3, 0.4) is 0 Å². The van der Waals surface area contributed by atoms with E-state index >= 15 is 0 Å². The van der Waals surface area contributed by atoms with Crippen LogP contribution in [0.4, 0.5) is 5.69 Å². The molecule has 0 radical (unpaired) electrons. The van der Waals surface area contributed by atoms with Gasteiger partial charge in [0.05, 0.1) is 17.7 Å². The third-order valence-corrected chi connectivity index (χ3v) is 3.40. The lowest BCUT2D eigenvalue weighted by molar-refractivity contribution is 0.0527. The van der Waals surface area contributed by atoms with Crippen molar-refractivity contribution in [3.63, 3.8) is 0 Å². The standard InChI is InChI=1S/C14H18N2O2/c1-5-18-14(17)11-9(3)16(4)10-7-6-8(2)13(15)12(10)11/h6-7H,5,15H2,1-4H3. The predicted molar refractivity (Wildman–Crippen MR) is 72.8 cm³/mol. The number of carbonyl (C=O) groups excluding carboxylic acids is 1. The summed E-state index contributed by atoms with van der Waals surface area (Å²) in [5.74, 6) is -0.307. The quantitative estimate of drug-likeness (QED) is 0.654. The van der Waals surface area contributed by atoms with Gasteiger partial charge in [0.15, 0.2) is 0 Å². The Morgan fingerprint density at radius 1 is 1.39 bits per heavy atom. The SMILES string of the molecule is CCOC(=O)c1c(C)n(C)c2ccc(C)c(N)c12. The molecule has 1 aromatic carbocycles. The molecule has 0 fully saturated rings. The number of carbonyl (C=O) groups is 1. The van der Waals surface area contributed by atoms with Gasteiger partial charge in [-0.3, -0.25) is 0 Å². The van der Waals surface area contributed by atoms with Crippen molar-refractivity contribution in [3.8, 4) is 0 Å². The number of esters is 1. The van der Waals surface area contributed by atoms with E-state index in [9.17, 15) is 4.79 Å². The van der Waals surface area contributed by atoms with E-state index < -0.39 is 0 Å². The van der Waals surface area contributed by atoms with Gasteiger partial charge in [0.2, 0.25) is 0 Å². The average molecular weight is 246 g/mol. The van der Waals surface area contributed by atoms with E-state index in [0.29, 0.717) is 17.9 Å². The number of benzene rings is 1. The van der Waals surface area contributed by atoms with Crippen LogP contribution < -0.4 is 5.73 Å². The Hall–Kier alpha value is -1.97. The Balaban J connectivity index is 2.83. The molecule has 1 heterocycles. The maximum absolute atomic E-state index is 12.1. The van der Waals surface area contributed by atoms with Gasteiger partial charge >= 0.3 is 5.97 Å². The first-order valence-corrected chi connectivity index (χ1v) is 6.00. The van der Waals surface area contributed by atoms with E-state index in [1.807, 2.05) is 37.6 Å². The van der Waals surface area contributed by atoms with Crippen LogP contribution in [-0.2, 0) is 11.8 Å². The van der Waals surface area contributed by atoms with Gasteiger partial charge in [-0.25, -0.2) is 4.79 Å². The largest absolute Gasteiger partial charge is 0.462 e. The number of nitrogens with two attached hydrogens (primary N) is 1. The summed E-state index contributed by atoms with van der Waals surface area (Å²) in [6.07, 6.45) is 0. The lowest BCUT2D eigenvalue weighted by Gasteiger charge is -2.05. The molecule has 2 N–H and O–H groups in total. The summed E-state index contributed by atoms with van der Waals surface area (Å²) in [5, 5.41) is 0.799. The van der Waals surface area contributed by atoms with E-state index in [1.54, 1.807) is 6.92 Å². The molecule has 4 nitrogen and oxygen atoms in total. The maximum Gasteiger partial charge on any atom is 0.340 e. The zero-order chi connectivity index (χ0) is 13.4. The number of aromatic nitrogens is 1. The Kier molecular flexibility index (Phi) is 3.03. The maximum atomic E-state index is 12.1. The molecule has 0 amide bonds. The number of ether oxygens (including phenoxy) is 1. The number of fused-ring (bicyclic) bond motifs is 1. The van der Waals surface area contributed by atoms with Gasteiger partial charge < -0.3 is 15.0 Å². The van der Waals surface area contributed by atoms with Gasteiger partial charge in [-0.2, -0.15) is 0 Å². The molecule has 18 heavy (non-hydrogen) atoms. The van der Waals surface area contributed by atoms with E-state index in [4.69, 9.17) is 10.5 Å². The Labute approximate surface area is 106 Å². The lowest BCUT2D eigenvalue weighted by atomic mass is 10.1. The van der Waals surface area contributed by atoms with E-state index in [1.165, 1.54) is 0 Å². The van der Waals surface area contributed by atoms with Crippen molar-refractivity contribution >= 4 is 22.6 Å². The van der Waals surface area contributed by atoms with E-state index in [2.05, 4.69) is 0 Å². The van der Waals surface area contributed by atoms with Crippen LogP contribution in [0.15, 0.2) is 12.1 Å². The van der Waals surface area contributed by atoms with Gasteiger partial charge in [0.25, 0.3) is 0 Å². The van der Waals surface area contributed by atoms with Gasteiger partial charge in [0.1, 0.15) is 0 Å². The van der Waals surface area contributed by atoms with Gasteiger partial charge in [-0.05, 0) is 32.4 Å². The second kappa shape index (κ2) is 4.37. The molecule has 0 saturated carbocycles. The second-order valence-electron chi connectivity index (χ2n) is 4.43. The second-order valence-corrected chi connectivity index (χ2v) is 4.43. The minimum atomic E-state index is -0.307. The van der Waals surface area contributed by atoms with Crippen molar-refractivity contribution in [2.75, 3.05) is 12.3 Å². The Bertz CT molecular complexity index is 626. The number of hydrogen-bond donors (Lipinski definition) is 1. The Morgan fingerprint density at radius 3 is 2.67 bits per heavy atom. The first kappa shape index (κ1) is 12.5. The summed E-state index contributed by atoms with van der Waals surface area (Å²) >= 11 is 0. The first-order chi connectivity index (χ1) is 8.49. The van der Waals surface area contributed by atoms with Gasteiger partial charge in [0, 0.05) is 23.8 Å². The van der Waals surface area contributed by atoms with Crippen molar-refractivity contribution in [1.82, 2.24) is 4.57 Å². The minimum Gasteiger partial charge on any atom is -0.462 e. The zero-order valence-corrected chi connectivity index (χ0v) is 11.2. The molecular formula is C14H18N2O2. The molecule has 0 aliphatic rings. The topological polar surface area (TPSA) is 57.2 Å². The molecule has 0 aliphatic heterocycles. The summed E-state index contributed by atoms with van der Waals surface area (Å²) < 4.78 is 7.09. The predicted octanol–water partition coefficient (Wildman–Crippen LogP) is 2.55. The third-order valence-electron chi connectivity index (χ3n) is 3.40. The van der Waals surface area contributed by atoms with Crippen LogP contribution in [0.25, 0.3) is 10.9 Å². The highest BCUT2D eigenvalue weighted by molar-refractivity contribution is 6.11. The highest BCUT2D eigenvalue weighted by Crippen LogP contribution is 2.32. The average Bonchev–Trinajstić information content (AvgIpc) is 2.58. The lowest BCUT2D eigenvalue weighted by Crippen LogP contribution is -2.07. The monoisotopic (exact) mass is 246 g/mol. The molecular weight excluding hydrogens is 228 g/mol. The van der Waals surface area contributed by atoms with Crippen LogP contribution in [-0.4, -0.2) is 17.1 Å². The minimum absolute atomic E-state index is 0.307. The molecule has 0 spiro atoms. The van der Waals surface area contributed by atoms with Crippen LogP contribution in [0.5, 0.6) is 0 Å². The van der Waals surface area contributed by atoms with Gasteiger partial charge in [-0.1, -0.05) is 6.07 Å². The first-order valence-electron chi connectivity index (χ1n) is 6.00. The summed E-state index contributed by atoms with van der Waals surface area (Å²) in [4.78, 5) is 12.1. The molecule has 0 saturated heterocycles. The van der Waals surface area contributed by atoms with Crippen molar-refractivity contribution in [1.29, 1.82) is 0 Å². The van der Waals surface area contributed by atoms with E-state index in [-0.39, 0.29) is 5.97 Å². The smallest absolute Gasteiger partial charge is 0.340 e.